The van der Waals surface area contributed by atoms with Crippen molar-refractivity contribution in [2.75, 3.05) is 6.54 Å². The molecule has 0 spiro atoms. The van der Waals surface area contributed by atoms with Gasteiger partial charge in [0.25, 0.3) is 5.91 Å². The molecule has 0 radical (unpaired) electrons. The van der Waals surface area contributed by atoms with Crippen LogP contribution in [0.15, 0.2) is 30.5 Å². The molecule has 1 aromatic heterocycles. The topological polar surface area (TPSA) is 49.0 Å². The maximum atomic E-state index is 13.9. The zero-order valence-corrected chi connectivity index (χ0v) is 11.6. The number of aromatic amines is 1. The van der Waals surface area contributed by atoms with Gasteiger partial charge in [0.05, 0.1) is 17.5 Å². The molecule has 4 nitrogen and oxygen atoms in total. The maximum absolute atomic E-state index is 13.9. The van der Waals surface area contributed by atoms with E-state index in [0.717, 1.165) is 13.0 Å². The Hall–Kier alpha value is -2.17. The quantitative estimate of drug-likeness (QED) is 0.942. The lowest BCUT2D eigenvalue weighted by Crippen LogP contribution is -2.52. The minimum atomic E-state index is -0.349. The Kier molecular flexibility index (Phi) is 2.80. The lowest BCUT2D eigenvalue weighted by atomic mass is 9.96. The largest absolute Gasteiger partial charge is 0.335 e. The number of nitrogens with one attached hydrogen (secondary N) is 1. The first-order chi connectivity index (χ1) is 10.3. The SMILES string of the molecule is O=C(c1cn[nH]c1-c1ccccc1F)N1CCC1C1CC1. The van der Waals surface area contributed by atoms with Crippen LogP contribution in [0.25, 0.3) is 11.3 Å². The monoisotopic (exact) mass is 285 g/mol. The third kappa shape index (κ3) is 2.04. The van der Waals surface area contributed by atoms with Crippen LogP contribution in [0.4, 0.5) is 4.39 Å². The summed E-state index contributed by atoms with van der Waals surface area (Å²) in [4.78, 5) is 14.6. The van der Waals surface area contributed by atoms with Gasteiger partial charge in [0, 0.05) is 18.2 Å². The minimum absolute atomic E-state index is 0.0369. The number of nitrogens with zero attached hydrogens (tertiary/aromatic N) is 2. The van der Waals surface area contributed by atoms with Crippen LogP contribution in [0, 0.1) is 11.7 Å². The van der Waals surface area contributed by atoms with Gasteiger partial charge in [0.2, 0.25) is 0 Å². The van der Waals surface area contributed by atoms with Crippen molar-refractivity contribution in [1.29, 1.82) is 0 Å². The average Bonchev–Trinajstić information content (AvgIpc) is 3.13. The standard InChI is InChI=1S/C16H16FN3O/c17-13-4-2-1-3-11(13)15-12(9-18-19-15)16(21)20-8-7-14(20)10-5-6-10/h1-4,9-10,14H,5-8H2,(H,18,19). The fourth-order valence-corrected chi connectivity index (χ4v) is 3.10. The number of H-pyrrole nitrogens is 1. The fraction of sp³-hybridized carbons (Fsp3) is 0.375. The molecule has 108 valence electrons. The van der Waals surface area contributed by atoms with Gasteiger partial charge in [-0.3, -0.25) is 9.89 Å². The predicted molar refractivity (Wildman–Crippen MR) is 76.1 cm³/mol. The second-order valence-electron chi connectivity index (χ2n) is 5.83. The molecule has 1 aliphatic carbocycles. The highest BCUT2D eigenvalue weighted by Crippen LogP contribution is 2.41. The number of likely N-dealkylation sites (tertiary alicyclic amines) is 1. The van der Waals surface area contributed by atoms with E-state index in [4.69, 9.17) is 0 Å². The van der Waals surface area contributed by atoms with E-state index in [1.54, 1.807) is 18.2 Å². The number of rotatable bonds is 3. The van der Waals surface area contributed by atoms with Gasteiger partial charge in [-0.15, -0.1) is 0 Å². The zero-order valence-electron chi connectivity index (χ0n) is 11.6. The average molecular weight is 285 g/mol. The van der Waals surface area contributed by atoms with Crippen molar-refractivity contribution in [1.82, 2.24) is 15.1 Å². The third-order valence-electron chi connectivity index (χ3n) is 4.51. The maximum Gasteiger partial charge on any atom is 0.257 e. The van der Waals surface area contributed by atoms with Crippen LogP contribution in [-0.4, -0.2) is 33.6 Å². The van der Waals surface area contributed by atoms with Crippen molar-refractivity contribution in [3.63, 3.8) is 0 Å². The lowest BCUT2D eigenvalue weighted by Gasteiger charge is -2.41. The van der Waals surface area contributed by atoms with E-state index in [1.165, 1.54) is 25.1 Å². The van der Waals surface area contributed by atoms with Crippen molar-refractivity contribution in [3.8, 4) is 11.3 Å². The number of carbonyl (C=O) groups is 1. The highest BCUT2D eigenvalue weighted by molar-refractivity contribution is 6.00. The second kappa shape index (κ2) is 4.69. The third-order valence-corrected chi connectivity index (χ3v) is 4.51. The van der Waals surface area contributed by atoms with E-state index in [2.05, 4.69) is 10.2 Å². The molecular formula is C16H16FN3O. The molecule has 21 heavy (non-hydrogen) atoms. The summed E-state index contributed by atoms with van der Waals surface area (Å²) in [7, 11) is 0. The van der Waals surface area contributed by atoms with Crippen LogP contribution in [0.2, 0.25) is 0 Å². The summed E-state index contributed by atoms with van der Waals surface area (Å²) in [5, 5.41) is 6.72. The van der Waals surface area contributed by atoms with E-state index < -0.39 is 0 Å². The molecule has 1 saturated carbocycles. The van der Waals surface area contributed by atoms with Gasteiger partial charge in [0.15, 0.2) is 0 Å². The van der Waals surface area contributed by atoms with Crippen molar-refractivity contribution < 1.29 is 9.18 Å². The first-order valence-electron chi connectivity index (χ1n) is 7.35. The van der Waals surface area contributed by atoms with E-state index in [0.29, 0.717) is 28.8 Å². The molecule has 2 heterocycles. The molecule has 1 N–H and O–H groups in total. The predicted octanol–water partition coefficient (Wildman–Crippen LogP) is 2.84. The fourth-order valence-electron chi connectivity index (χ4n) is 3.10. The van der Waals surface area contributed by atoms with Crippen LogP contribution < -0.4 is 0 Å². The van der Waals surface area contributed by atoms with Gasteiger partial charge in [-0.25, -0.2) is 4.39 Å². The number of hydrogen-bond donors (Lipinski definition) is 1. The van der Waals surface area contributed by atoms with Crippen molar-refractivity contribution in [2.24, 2.45) is 5.92 Å². The van der Waals surface area contributed by atoms with Crippen LogP contribution in [0.1, 0.15) is 29.6 Å². The van der Waals surface area contributed by atoms with Gasteiger partial charge in [-0.2, -0.15) is 5.10 Å². The summed E-state index contributed by atoms with van der Waals surface area (Å²) in [6.45, 7) is 0.794. The molecule has 2 aromatic rings. The number of amides is 1. The van der Waals surface area contributed by atoms with Gasteiger partial charge < -0.3 is 4.90 Å². The molecule has 1 saturated heterocycles. The normalized spacial score (nSPS) is 21.2. The second-order valence-corrected chi connectivity index (χ2v) is 5.83. The molecule has 1 unspecified atom stereocenters. The molecule has 0 bridgehead atoms. The lowest BCUT2D eigenvalue weighted by molar-refractivity contribution is 0.0413. The molecule has 1 aromatic carbocycles. The minimum Gasteiger partial charge on any atom is -0.335 e. The first kappa shape index (κ1) is 12.6. The van der Waals surface area contributed by atoms with Gasteiger partial charge in [0.1, 0.15) is 5.82 Å². The van der Waals surface area contributed by atoms with E-state index >= 15 is 0 Å². The number of halogens is 1. The van der Waals surface area contributed by atoms with Gasteiger partial charge in [-0.1, -0.05) is 12.1 Å². The molecule has 2 aliphatic rings. The zero-order chi connectivity index (χ0) is 14.4. The van der Waals surface area contributed by atoms with Crippen molar-refractivity contribution >= 4 is 5.91 Å². The Morgan fingerprint density at radius 1 is 1.29 bits per heavy atom. The molecule has 1 amide bonds. The van der Waals surface area contributed by atoms with Crippen LogP contribution in [-0.2, 0) is 0 Å². The number of benzene rings is 1. The smallest absolute Gasteiger partial charge is 0.257 e. The Balaban J connectivity index is 1.66. The Morgan fingerprint density at radius 3 is 2.76 bits per heavy atom. The molecule has 1 atom stereocenters. The summed E-state index contributed by atoms with van der Waals surface area (Å²) in [6.07, 6.45) is 5.04. The van der Waals surface area contributed by atoms with Gasteiger partial charge in [-0.05, 0) is 37.3 Å². The van der Waals surface area contributed by atoms with Crippen LogP contribution >= 0.6 is 0 Å². The summed E-state index contributed by atoms with van der Waals surface area (Å²) in [5.41, 5.74) is 1.33. The van der Waals surface area contributed by atoms with Crippen LogP contribution in [0.3, 0.4) is 0 Å². The molecule has 2 fully saturated rings. The van der Waals surface area contributed by atoms with Crippen molar-refractivity contribution in [3.05, 3.63) is 41.8 Å². The highest BCUT2D eigenvalue weighted by atomic mass is 19.1. The van der Waals surface area contributed by atoms with Crippen molar-refractivity contribution in [2.45, 2.75) is 25.3 Å². The highest BCUT2D eigenvalue weighted by Gasteiger charge is 2.43. The molecule has 4 rings (SSSR count). The van der Waals surface area contributed by atoms with Crippen LogP contribution in [0.5, 0.6) is 0 Å². The number of hydrogen-bond acceptors (Lipinski definition) is 2. The Morgan fingerprint density at radius 2 is 2.10 bits per heavy atom. The summed E-state index contributed by atoms with van der Waals surface area (Å²) >= 11 is 0. The van der Waals surface area contributed by atoms with Gasteiger partial charge >= 0.3 is 0 Å². The molecule has 5 heteroatoms. The number of aromatic nitrogens is 2. The summed E-state index contributed by atoms with van der Waals surface area (Å²) in [5.74, 6) is 0.287. The van der Waals surface area contributed by atoms with E-state index in [1.807, 2.05) is 4.90 Å². The number of carbonyl (C=O) groups excluding carboxylic acids is 1. The Labute approximate surface area is 122 Å². The Bertz CT molecular complexity index is 692. The summed E-state index contributed by atoms with van der Waals surface area (Å²) < 4.78 is 13.9. The van der Waals surface area contributed by atoms with E-state index in [-0.39, 0.29) is 11.7 Å². The summed E-state index contributed by atoms with van der Waals surface area (Å²) in [6, 6.07) is 6.81. The molecular weight excluding hydrogens is 269 g/mol. The molecule has 1 aliphatic heterocycles. The van der Waals surface area contributed by atoms with E-state index in [9.17, 15) is 9.18 Å². The first-order valence-corrected chi connectivity index (χ1v) is 7.35.